The number of nitrogens with zero attached hydrogens (tertiary/aromatic N) is 2. The lowest BCUT2D eigenvalue weighted by Gasteiger charge is -2.35. The Morgan fingerprint density at radius 3 is 2.21 bits per heavy atom. The van der Waals surface area contributed by atoms with E-state index in [4.69, 9.17) is 0 Å². The van der Waals surface area contributed by atoms with E-state index in [0.717, 1.165) is 68.4 Å². The lowest BCUT2D eigenvalue weighted by atomic mass is 9.96. The molecule has 0 unspecified atom stereocenters. The van der Waals surface area contributed by atoms with Crippen molar-refractivity contribution in [2.75, 3.05) is 42.1 Å². The molecular formula is C27H35N3O2S. The van der Waals surface area contributed by atoms with Crippen molar-refractivity contribution >= 4 is 35.0 Å². The summed E-state index contributed by atoms with van der Waals surface area (Å²) < 4.78 is 0. The molecule has 2 heterocycles. The average Bonchev–Trinajstić information content (AvgIpc) is 2.84. The van der Waals surface area contributed by atoms with Crippen molar-refractivity contribution in [1.82, 2.24) is 4.90 Å². The highest BCUT2D eigenvalue weighted by atomic mass is 32.2. The van der Waals surface area contributed by atoms with E-state index in [1.807, 2.05) is 53.4 Å². The van der Waals surface area contributed by atoms with Gasteiger partial charge in [0.15, 0.2) is 0 Å². The summed E-state index contributed by atoms with van der Waals surface area (Å²) in [7, 11) is 0. The van der Waals surface area contributed by atoms with Gasteiger partial charge < -0.3 is 15.1 Å². The molecule has 0 spiro atoms. The number of amides is 2. The van der Waals surface area contributed by atoms with E-state index in [1.165, 1.54) is 11.8 Å². The highest BCUT2D eigenvalue weighted by molar-refractivity contribution is 8.00. The third-order valence-electron chi connectivity index (χ3n) is 6.82. The molecule has 0 radical (unpaired) electrons. The van der Waals surface area contributed by atoms with Gasteiger partial charge in [0, 0.05) is 42.4 Å². The molecule has 4 rings (SSSR count). The van der Waals surface area contributed by atoms with Gasteiger partial charge in [-0.3, -0.25) is 9.59 Å². The minimum Gasteiger partial charge on any atom is -0.371 e. The fourth-order valence-electron chi connectivity index (χ4n) is 4.56. The molecule has 176 valence electrons. The number of rotatable bonds is 6. The van der Waals surface area contributed by atoms with Crippen molar-refractivity contribution in [3.8, 4) is 0 Å². The minimum absolute atomic E-state index is 0.0615. The number of benzene rings is 2. The molecule has 0 saturated carbocycles. The molecule has 5 nitrogen and oxygen atoms in total. The summed E-state index contributed by atoms with van der Waals surface area (Å²) in [4.78, 5) is 31.6. The second kappa shape index (κ2) is 11.1. The maximum Gasteiger partial charge on any atom is 0.256 e. The molecule has 1 N–H and O–H groups in total. The maximum absolute atomic E-state index is 13.6. The van der Waals surface area contributed by atoms with E-state index in [-0.39, 0.29) is 11.8 Å². The van der Waals surface area contributed by atoms with Crippen molar-refractivity contribution in [1.29, 1.82) is 0 Å². The molecule has 2 saturated heterocycles. The first-order chi connectivity index (χ1) is 16.0. The predicted octanol–water partition coefficient (Wildman–Crippen LogP) is 5.53. The van der Waals surface area contributed by atoms with Crippen molar-refractivity contribution in [3.63, 3.8) is 0 Å². The Morgan fingerprint density at radius 1 is 0.909 bits per heavy atom. The Labute approximate surface area is 201 Å². The summed E-state index contributed by atoms with van der Waals surface area (Å²) >= 11 is 1.51. The largest absolute Gasteiger partial charge is 0.371 e. The Morgan fingerprint density at radius 2 is 1.55 bits per heavy atom. The fourth-order valence-corrected chi connectivity index (χ4v) is 5.27. The van der Waals surface area contributed by atoms with E-state index < -0.39 is 0 Å². The summed E-state index contributed by atoms with van der Waals surface area (Å²) in [5, 5.41) is 3.01. The van der Waals surface area contributed by atoms with Gasteiger partial charge in [-0.2, -0.15) is 0 Å². The molecule has 0 atom stereocenters. The minimum atomic E-state index is -0.0615. The second-order valence-corrected chi connectivity index (χ2v) is 10.6. The van der Waals surface area contributed by atoms with Crippen LogP contribution in [0.25, 0.3) is 0 Å². The molecule has 2 aliphatic rings. The van der Waals surface area contributed by atoms with Crippen LogP contribution in [-0.4, -0.2) is 48.6 Å². The van der Waals surface area contributed by atoms with Gasteiger partial charge in [0.1, 0.15) is 0 Å². The van der Waals surface area contributed by atoms with Crippen LogP contribution >= 0.6 is 11.8 Å². The Bertz CT molecular complexity index is 949. The number of hydrogen-bond donors (Lipinski definition) is 1. The van der Waals surface area contributed by atoms with E-state index in [1.54, 1.807) is 0 Å². The number of nitrogens with one attached hydrogen (secondary N) is 1. The fraction of sp³-hybridized carbons (Fsp3) is 0.481. The normalized spacial score (nSPS) is 17.8. The van der Waals surface area contributed by atoms with Gasteiger partial charge in [0.05, 0.1) is 11.3 Å². The van der Waals surface area contributed by atoms with Gasteiger partial charge in [0.25, 0.3) is 5.91 Å². The van der Waals surface area contributed by atoms with Gasteiger partial charge in [0.2, 0.25) is 5.91 Å². The molecule has 33 heavy (non-hydrogen) atoms. The number of thioether (sulfide) groups is 1. The number of piperidine rings is 2. The molecule has 0 aromatic heterocycles. The van der Waals surface area contributed by atoms with Crippen molar-refractivity contribution in [2.24, 2.45) is 11.8 Å². The van der Waals surface area contributed by atoms with E-state index in [9.17, 15) is 9.59 Å². The smallest absolute Gasteiger partial charge is 0.256 e. The number of carbonyl (C=O) groups excluding carboxylic acids is 2. The van der Waals surface area contributed by atoms with Crippen LogP contribution in [0.4, 0.5) is 11.4 Å². The molecule has 2 amide bonds. The molecule has 2 aromatic carbocycles. The first-order valence-electron chi connectivity index (χ1n) is 12.2. The number of hydrogen-bond acceptors (Lipinski definition) is 4. The van der Waals surface area contributed by atoms with Crippen LogP contribution in [0.5, 0.6) is 0 Å². The standard InChI is InChI=1S/C27H35N3O2S/c1-20-10-14-29(15-11-20)25-9-8-22(28-26(31)19-33-23-6-4-3-5-7-23)18-24(25)27(32)30-16-12-21(2)13-17-30/h3-9,18,20-21H,10-17,19H2,1-2H3,(H,28,31). The topological polar surface area (TPSA) is 52.7 Å². The summed E-state index contributed by atoms with van der Waals surface area (Å²) in [6.07, 6.45) is 4.39. The van der Waals surface area contributed by atoms with Gasteiger partial charge in [-0.1, -0.05) is 32.0 Å². The van der Waals surface area contributed by atoms with Crippen LogP contribution in [0.1, 0.15) is 49.9 Å². The zero-order chi connectivity index (χ0) is 23.2. The number of anilines is 2. The van der Waals surface area contributed by atoms with Gasteiger partial charge >= 0.3 is 0 Å². The van der Waals surface area contributed by atoms with Crippen molar-refractivity contribution in [2.45, 2.75) is 44.4 Å². The first-order valence-corrected chi connectivity index (χ1v) is 13.1. The van der Waals surface area contributed by atoms with Crippen LogP contribution in [0.2, 0.25) is 0 Å². The summed E-state index contributed by atoms with van der Waals surface area (Å²) in [5.41, 5.74) is 2.41. The molecule has 0 aliphatic carbocycles. The van der Waals surface area contributed by atoms with E-state index in [2.05, 4.69) is 24.1 Å². The lowest BCUT2D eigenvalue weighted by molar-refractivity contribution is -0.113. The maximum atomic E-state index is 13.6. The Balaban J connectivity index is 1.50. The zero-order valence-corrected chi connectivity index (χ0v) is 20.6. The molecular weight excluding hydrogens is 430 g/mol. The SMILES string of the molecule is CC1CCN(C(=O)c2cc(NC(=O)CSc3ccccc3)ccc2N2CCC(C)CC2)CC1. The van der Waals surface area contributed by atoms with Crippen molar-refractivity contribution < 1.29 is 9.59 Å². The summed E-state index contributed by atoms with van der Waals surface area (Å²) in [5.74, 6) is 1.76. The van der Waals surface area contributed by atoms with E-state index >= 15 is 0 Å². The van der Waals surface area contributed by atoms with E-state index in [0.29, 0.717) is 22.9 Å². The summed E-state index contributed by atoms with van der Waals surface area (Å²) in [6.45, 7) is 8.10. The van der Waals surface area contributed by atoms with Crippen LogP contribution in [-0.2, 0) is 4.79 Å². The molecule has 2 fully saturated rings. The number of carbonyl (C=O) groups is 2. The number of likely N-dealkylation sites (tertiary alicyclic amines) is 1. The zero-order valence-electron chi connectivity index (χ0n) is 19.8. The molecule has 0 bridgehead atoms. The average molecular weight is 466 g/mol. The highest BCUT2D eigenvalue weighted by Crippen LogP contribution is 2.31. The predicted molar refractivity (Wildman–Crippen MR) is 137 cm³/mol. The molecule has 2 aliphatic heterocycles. The quantitative estimate of drug-likeness (QED) is 0.570. The Kier molecular flexibility index (Phi) is 7.97. The Hall–Kier alpha value is -2.47. The lowest BCUT2D eigenvalue weighted by Crippen LogP contribution is -2.40. The van der Waals surface area contributed by atoms with Gasteiger partial charge in [-0.05, 0) is 67.9 Å². The van der Waals surface area contributed by atoms with Crippen LogP contribution in [0.15, 0.2) is 53.4 Å². The summed E-state index contributed by atoms with van der Waals surface area (Å²) in [6, 6.07) is 15.8. The second-order valence-electron chi connectivity index (χ2n) is 9.53. The van der Waals surface area contributed by atoms with Gasteiger partial charge in [-0.15, -0.1) is 11.8 Å². The molecule has 6 heteroatoms. The van der Waals surface area contributed by atoms with Crippen LogP contribution in [0.3, 0.4) is 0 Å². The third-order valence-corrected chi connectivity index (χ3v) is 7.83. The van der Waals surface area contributed by atoms with Crippen LogP contribution < -0.4 is 10.2 Å². The third kappa shape index (κ3) is 6.32. The van der Waals surface area contributed by atoms with Crippen molar-refractivity contribution in [3.05, 3.63) is 54.1 Å². The monoisotopic (exact) mass is 465 g/mol. The van der Waals surface area contributed by atoms with Gasteiger partial charge in [-0.25, -0.2) is 0 Å². The highest BCUT2D eigenvalue weighted by Gasteiger charge is 2.27. The van der Waals surface area contributed by atoms with Crippen LogP contribution in [0, 0.1) is 11.8 Å². The first kappa shape index (κ1) is 23.7. The molecule has 2 aromatic rings.